The van der Waals surface area contributed by atoms with Crippen molar-refractivity contribution in [3.05, 3.63) is 34.9 Å². The van der Waals surface area contributed by atoms with Gasteiger partial charge in [-0.2, -0.15) is 0 Å². The molecule has 0 amide bonds. The summed E-state index contributed by atoms with van der Waals surface area (Å²) in [6.45, 7) is 5.21. The topological polar surface area (TPSA) is 32.3 Å². The highest BCUT2D eigenvalue weighted by atomic mass is 16.3. The second-order valence-corrected chi connectivity index (χ2v) is 5.38. The second kappa shape index (κ2) is 5.19. The fraction of sp³-hybridized carbons (Fsp3) is 0.600. The van der Waals surface area contributed by atoms with Crippen molar-refractivity contribution in [1.29, 1.82) is 0 Å². The number of nitrogens with one attached hydrogen (secondary N) is 1. The van der Waals surface area contributed by atoms with Crippen molar-refractivity contribution in [1.82, 2.24) is 5.32 Å². The molecule has 0 bridgehead atoms. The number of fused-ring (bicyclic) bond motifs is 1. The Morgan fingerprint density at radius 3 is 2.76 bits per heavy atom. The number of benzene rings is 1. The van der Waals surface area contributed by atoms with Gasteiger partial charge in [0.1, 0.15) is 0 Å². The van der Waals surface area contributed by atoms with Gasteiger partial charge in [-0.1, -0.05) is 25.1 Å². The summed E-state index contributed by atoms with van der Waals surface area (Å²) in [6, 6.07) is 6.80. The first kappa shape index (κ1) is 12.6. The molecule has 0 saturated carbocycles. The smallest absolute Gasteiger partial charge is 0.0610 e. The average Bonchev–Trinajstić information content (AvgIpc) is 2.83. The zero-order valence-corrected chi connectivity index (χ0v) is 10.9. The molecule has 0 heterocycles. The molecule has 2 N–H and O–H groups in total. The minimum Gasteiger partial charge on any atom is -0.394 e. The van der Waals surface area contributed by atoms with E-state index in [9.17, 15) is 5.11 Å². The van der Waals surface area contributed by atoms with Crippen LogP contribution in [-0.2, 0) is 19.4 Å². The monoisotopic (exact) mass is 233 g/mol. The second-order valence-electron chi connectivity index (χ2n) is 5.38. The van der Waals surface area contributed by atoms with E-state index in [1.165, 1.54) is 36.0 Å². The summed E-state index contributed by atoms with van der Waals surface area (Å²) in [5.41, 5.74) is 4.22. The highest BCUT2D eigenvalue weighted by Gasteiger charge is 2.20. The van der Waals surface area contributed by atoms with Gasteiger partial charge in [0, 0.05) is 12.1 Å². The highest BCUT2D eigenvalue weighted by molar-refractivity contribution is 5.35. The van der Waals surface area contributed by atoms with Crippen molar-refractivity contribution < 1.29 is 5.11 Å². The Hall–Kier alpha value is -0.860. The molecule has 2 nitrogen and oxygen atoms in total. The summed E-state index contributed by atoms with van der Waals surface area (Å²) in [4.78, 5) is 0. The van der Waals surface area contributed by atoms with Crippen molar-refractivity contribution in [3.63, 3.8) is 0 Å². The van der Waals surface area contributed by atoms with Crippen LogP contribution in [-0.4, -0.2) is 17.3 Å². The van der Waals surface area contributed by atoms with E-state index in [1.807, 2.05) is 0 Å². The van der Waals surface area contributed by atoms with Crippen LogP contribution in [0.2, 0.25) is 0 Å². The molecule has 1 aliphatic rings. The molecular weight excluding hydrogens is 210 g/mol. The van der Waals surface area contributed by atoms with Crippen molar-refractivity contribution in [2.24, 2.45) is 0 Å². The normalized spacial score (nSPS) is 17.8. The molecule has 0 radical (unpaired) electrons. The van der Waals surface area contributed by atoms with Crippen molar-refractivity contribution in [2.45, 2.75) is 51.6 Å². The maximum absolute atomic E-state index is 9.36. The Morgan fingerprint density at radius 1 is 1.29 bits per heavy atom. The molecule has 1 aromatic rings. The summed E-state index contributed by atoms with van der Waals surface area (Å²) in [5.74, 6) is 0. The predicted octanol–water partition coefficient (Wildman–Crippen LogP) is 2.43. The van der Waals surface area contributed by atoms with Crippen molar-refractivity contribution in [3.8, 4) is 0 Å². The van der Waals surface area contributed by atoms with Crippen molar-refractivity contribution >= 4 is 0 Å². The van der Waals surface area contributed by atoms with Crippen LogP contribution in [0.15, 0.2) is 18.2 Å². The Bertz CT molecular complexity index is 383. The van der Waals surface area contributed by atoms with E-state index in [0.717, 1.165) is 13.0 Å². The molecule has 0 aromatic heterocycles. The van der Waals surface area contributed by atoms with Gasteiger partial charge in [-0.15, -0.1) is 0 Å². The van der Waals surface area contributed by atoms with Crippen molar-refractivity contribution in [2.75, 3.05) is 6.61 Å². The summed E-state index contributed by atoms with van der Waals surface area (Å²) in [5, 5.41) is 12.8. The number of hydrogen-bond acceptors (Lipinski definition) is 2. The Balaban J connectivity index is 2.00. The van der Waals surface area contributed by atoms with E-state index in [2.05, 4.69) is 37.4 Å². The summed E-state index contributed by atoms with van der Waals surface area (Å²) >= 11 is 0. The zero-order valence-electron chi connectivity index (χ0n) is 10.9. The standard InChI is InChI=1S/C15H23NO/c1-3-15(2,11-17)16-10-12-7-8-13-5-4-6-14(13)9-12/h7-9,16-17H,3-6,10-11H2,1-2H3. The maximum Gasteiger partial charge on any atom is 0.0610 e. The van der Waals surface area contributed by atoms with Crippen LogP contribution in [0.1, 0.15) is 43.4 Å². The van der Waals surface area contributed by atoms with Gasteiger partial charge >= 0.3 is 0 Å². The fourth-order valence-electron chi connectivity index (χ4n) is 2.34. The summed E-state index contributed by atoms with van der Waals surface area (Å²) < 4.78 is 0. The van der Waals surface area contributed by atoms with E-state index >= 15 is 0 Å². The SMILES string of the molecule is CCC(C)(CO)NCc1ccc2c(c1)CCC2. The number of aryl methyl sites for hydroxylation is 2. The van der Waals surface area contributed by atoms with Gasteiger partial charge in [0.05, 0.1) is 6.61 Å². The van der Waals surface area contributed by atoms with Crippen LogP contribution < -0.4 is 5.32 Å². The lowest BCUT2D eigenvalue weighted by atomic mass is 9.99. The van der Waals surface area contributed by atoms with Crippen LogP contribution >= 0.6 is 0 Å². The van der Waals surface area contributed by atoms with E-state index in [-0.39, 0.29) is 12.1 Å². The minimum atomic E-state index is -0.154. The number of hydrogen-bond donors (Lipinski definition) is 2. The van der Waals surface area contributed by atoms with Crippen LogP contribution in [0, 0.1) is 0 Å². The van der Waals surface area contributed by atoms with E-state index < -0.39 is 0 Å². The molecule has 0 spiro atoms. The van der Waals surface area contributed by atoms with Crippen LogP contribution in [0.4, 0.5) is 0 Å². The molecule has 2 heteroatoms. The maximum atomic E-state index is 9.36. The lowest BCUT2D eigenvalue weighted by Gasteiger charge is -2.27. The largest absolute Gasteiger partial charge is 0.394 e. The molecule has 1 aliphatic carbocycles. The van der Waals surface area contributed by atoms with Gasteiger partial charge in [-0.3, -0.25) is 0 Å². The molecule has 1 unspecified atom stereocenters. The molecule has 0 aliphatic heterocycles. The van der Waals surface area contributed by atoms with Gasteiger partial charge in [0.2, 0.25) is 0 Å². The first-order valence-corrected chi connectivity index (χ1v) is 6.63. The lowest BCUT2D eigenvalue weighted by Crippen LogP contribution is -2.44. The molecule has 2 rings (SSSR count). The first-order chi connectivity index (χ1) is 8.17. The summed E-state index contributed by atoms with van der Waals surface area (Å²) in [6.07, 6.45) is 4.71. The van der Waals surface area contributed by atoms with Gasteiger partial charge in [-0.25, -0.2) is 0 Å². The third-order valence-corrected chi connectivity index (χ3v) is 4.01. The van der Waals surface area contributed by atoms with E-state index in [1.54, 1.807) is 0 Å². The average molecular weight is 233 g/mol. The quantitative estimate of drug-likeness (QED) is 0.818. The van der Waals surface area contributed by atoms with Gasteiger partial charge < -0.3 is 10.4 Å². The fourth-order valence-corrected chi connectivity index (χ4v) is 2.34. The Kier molecular flexibility index (Phi) is 3.85. The van der Waals surface area contributed by atoms with Gasteiger partial charge in [0.15, 0.2) is 0 Å². The van der Waals surface area contributed by atoms with E-state index in [0.29, 0.717) is 0 Å². The predicted molar refractivity (Wildman–Crippen MR) is 71.1 cm³/mol. The lowest BCUT2D eigenvalue weighted by molar-refractivity contribution is 0.169. The third-order valence-electron chi connectivity index (χ3n) is 4.01. The van der Waals surface area contributed by atoms with Gasteiger partial charge in [0.25, 0.3) is 0 Å². The van der Waals surface area contributed by atoms with Crippen LogP contribution in [0.25, 0.3) is 0 Å². The summed E-state index contributed by atoms with van der Waals surface area (Å²) in [7, 11) is 0. The molecule has 17 heavy (non-hydrogen) atoms. The highest BCUT2D eigenvalue weighted by Crippen LogP contribution is 2.23. The van der Waals surface area contributed by atoms with Gasteiger partial charge in [-0.05, 0) is 49.3 Å². The zero-order chi connectivity index (χ0) is 12.3. The Morgan fingerprint density at radius 2 is 2.06 bits per heavy atom. The third kappa shape index (κ3) is 2.88. The van der Waals surface area contributed by atoms with E-state index in [4.69, 9.17) is 0 Å². The van der Waals surface area contributed by atoms with Crippen LogP contribution in [0.3, 0.4) is 0 Å². The molecule has 94 valence electrons. The minimum absolute atomic E-state index is 0.154. The van der Waals surface area contributed by atoms with Crippen LogP contribution in [0.5, 0.6) is 0 Å². The number of aliphatic hydroxyl groups excluding tert-OH is 1. The molecule has 0 fully saturated rings. The molecule has 1 atom stereocenters. The molecular formula is C15H23NO. The Labute approximate surface area is 104 Å². The number of aliphatic hydroxyl groups is 1. The number of rotatable bonds is 5. The molecule has 1 aromatic carbocycles. The molecule has 0 saturated heterocycles. The first-order valence-electron chi connectivity index (χ1n) is 6.63.